The Kier molecular flexibility index (Phi) is 6.64. The average Bonchev–Trinajstić information content (AvgIpc) is 3.19. The largest absolute Gasteiger partial charge is 0.416 e. The molecule has 0 bridgehead atoms. The molecule has 2 aromatic carbocycles. The van der Waals surface area contributed by atoms with Crippen LogP contribution in [-0.2, 0) is 20.6 Å². The number of benzene rings is 2. The number of fused-ring (bicyclic) bond motifs is 1. The molecule has 10 heteroatoms. The van der Waals surface area contributed by atoms with Gasteiger partial charge in [-0.1, -0.05) is 24.3 Å². The number of rotatable bonds is 6. The molecule has 0 radical (unpaired) electrons. The lowest BCUT2D eigenvalue weighted by atomic mass is 10.0. The molecule has 1 N–H and O–H groups in total. The zero-order valence-electron chi connectivity index (χ0n) is 17.6. The average molecular weight is 478 g/mol. The monoisotopic (exact) mass is 477 g/mol. The van der Waals surface area contributed by atoms with Crippen LogP contribution in [0.5, 0.6) is 0 Å². The van der Waals surface area contributed by atoms with Crippen LogP contribution >= 0.6 is 11.8 Å². The fourth-order valence-corrected chi connectivity index (χ4v) is 4.93. The van der Waals surface area contributed by atoms with Crippen molar-refractivity contribution in [3.05, 3.63) is 59.7 Å². The van der Waals surface area contributed by atoms with E-state index in [0.29, 0.717) is 25.1 Å². The number of nitrogens with zero attached hydrogens (tertiary/aromatic N) is 2. The fourth-order valence-electron chi connectivity index (χ4n) is 3.99. The highest BCUT2D eigenvalue weighted by molar-refractivity contribution is 8.00. The summed E-state index contributed by atoms with van der Waals surface area (Å²) in [6.07, 6.45) is -3.49. The molecule has 2 aliphatic heterocycles. The van der Waals surface area contributed by atoms with Gasteiger partial charge in [0.1, 0.15) is 6.54 Å². The normalized spacial score (nSPS) is 17.2. The number of carbonyl (C=O) groups excluding carboxylic acids is 3. The maximum Gasteiger partial charge on any atom is 0.416 e. The third-order valence-electron chi connectivity index (χ3n) is 5.64. The second-order valence-corrected chi connectivity index (χ2v) is 8.94. The number of amides is 3. The lowest BCUT2D eigenvalue weighted by Crippen LogP contribution is -2.46. The number of para-hydroxylation sites is 1. The molecule has 1 unspecified atom stereocenters. The molecule has 0 spiro atoms. The number of hydrogen-bond donors (Lipinski definition) is 1. The number of alkyl halides is 3. The molecule has 1 saturated heterocycles. The van der Waals surface area contributed by atoms with Crippen molar-refractivity contribution in [2.75, 3.05) is 30.3 Å². The van der Waals surface area contributed by atoms with Gasteiger partial charge in [-0.2, -0.15) is 13.2 Å². The molecular weight excluding hydrogens is 455 g/mol. The van der Waals surface area contributed by atoms with Crippen molar-refractivity contribution in [2.24, 2.45) is 0 Å². The Balaban J connectivity index is 1.56. The van der Waals surface area contributed by atoms with E-state index in [4.69, 9.17) is 0 Å². The summed E-state index contributed by atoms with van der Waals surface area (Å²) in [4.78, 5) is 41.4. The van der Waals surface area contributed by atoms with Crippen LogP contribution in [-0.4, -0.2) is 48.0 Å². The van der Waals surface area contributed by atoms with Gasteiger partial charge in [0.2, 0.25) is 17.7 Å². The number of carbonyl (C=O) groups is 3. The highest BCUT2D eigenvalue weighted by Crippen LogP contribution is 2.35. The minimum absolute atomic E-state index is 0.0618. The molecule has 174 valence electrons. The minimum atomic E-state index is -4.53. The summed E-state index contributed by atoms with van der Waals surface area (Å²) in [5.74, 6) is -0.638. The summed E-state index contributed by atoms with van der Waals surface area (Å²) < 4.78 is 39.8. The van der Waals surface area contributed by atoms with Crippen LogP contribution in [0.25, 0.3) is 0 Å². The molecule has 4 rings (SSSR count). The Hall–Kier alpha value is -3.01. The zero-order valence-corrected chi connectivity index (χ0v) is 18.4. The second-order valence-electron chi connectivity index (χ2n) is 7.92. The Bertz CT molecular complexity index is 1080. The van der Waals surface area contributed by atoms with E-state index in [9.17, 15) is 27.6 Å². The molecule has 6 nitrogen and oxygen atoms in total. The molecule has 2 aromatic rings. The smallest absolute Gasteiger partial charge is 0.346 e. The molecule has 0 aromatic heterocycles. The van der Waals surface area contributed by atoms with Crippen LogP contribution in [0, 0.1) is 0 Å². The van der Waals surface area contributed by atoms with E-state index < -0.39 is 23.7 Å². The maximum atomic E-state index is 13.3. The van der Waals surface area contributed by atoms with Crippen molar-refractivity contribution >= 4 is 35.2 Å². The Morgan fingerprint density at radius 2 is 1.88 bits per heavy atom. The molecule has 1 fully saturated rings. The fraction of sp³-hybridized carbons (Fsp3) is 0.348. The first-order valence-electron chi connectivity index (χ1n) is 10.5. The lowest BCUT2D eigenvalue weighted by molar-refractivity contribution is -0.137. The minimum Gasteiger partial charge on any atom is -0.346 e. The number of likely N-dealkylation sites (tertiary alicyclic amines) is 1. The zero-order chi connectivity index (χ0) is 23.6. The Labute approximate surface area is 193 Å². The van der Waals surface area contributed by atoms with E-state index in [-0.39, 0.29) is 36.2 Å². The van der Waals surface area contributed by atoms with E-state index in [2.05, 4.69) is 5.32 Å². The number of hydrogen-bond acceptors (Lipinski definition) is 4. The van der Waals surface area contributed by atoms with E-state index in [1.807, 2.05) is 12.1 Å². The van der Waals surface area contributed by atoms with Crippen LogP contribution in [0.15, 0.2) is 53.4 Å². The first-order chi connectivity index (χ1) is 15.7. The predicted molar refractivity (Wildman–Crippen MR) is 118 cm³/mol. The first kappa shape index (κ1) is 23.2. The number of anilines is 1. The van der Waals surface area contributed by atoms with Crippen LogP contribution in [0.3, 0.4) is 0 Å². The lowest BCUT2D eigenvalue weighted by Gasteiger charge is -2.30. The van der Waals surface area contributed by atoms with Crippen molar-refractivity contribution in [3.8, 4) is 0 Å². The Morgan fingerprint density at radius 1 is 1.09 bits per heavy atom. The topological polar surface area (TPSA) is 69.7 Å². The van der Waals surface area contributed by atoms with Gasteiger partial charge >= 0.3 is 6.18 Å². The molecule has 2 heterocycles. The first-order valence-corrected chi connectivity index (χ1v) is 11.5. The van der Waals surface area contributed by atoms with Gasteiger partial charge in [0.15, 0.2) is 0 Å². The SMILES string of the molecule is O=C(CN1C(=O)CSc2ccccc21)NC(CN1CCCC1=O)c1cccc(C(F)(F)F)c1. The molecule has 0 aliphatic carbocycles. The molecule has 0 saturated carbocycles. The van der Waals surface area contributed by atoms with Crippen molar-refractivity contribution in [2.45, 2.75) is 30.0 Å². The summed E-state index contributed by atoms with van der Waals surface area (Å²) in [5, 5.41) is 2.76. The van der Waals surface area contributed by atoms with Crippen molar-refractivity contribution < 1.29 is 27.6 Å². The molecule has 33 heavy (non-hydrogen) atoms. The number of thioether (sulfide) groups is 1. The van der Waals surface area contributed by atoms with E-state index in [1.165, 1.54) is 28.8 Å². The second kappa shape index (κ2) is 9.46. The van der Waals surface area contributed by atoms with Gasteiger partial charge in [0, 0.05) is 24.4 Å². The molecule has 2 aliphatic rings. The quantitative estimate of drug-likeness (QED) is 0.690. The predicted octanol–water partition coefficient (Wildman–Crippen LogP) is 3.62. The van der Waals surface area contributed by atoms with Crippen LogP contribution < -0.4 is 10.2 Å². The van der Waals surface area contributed by atoms with E-state index >= 15 is 0 Å². The van der Waals surface area contributed by atoms with Crippen molar-refractivity contribution in [1.82, 2.24) is 10.2 Å². The van der Waals surface area contributed by atoms with Gasteiger partial charge in [-0.05, 0) is 36.2 Å². The van der Waals surface area contributed by atoms with Crippen LogP contribution in [0.2, 0.25) is 0 Å². The summed E-state index contributed by atoms with van der Waals surface area (Å²) >= 11 is 1.39. The van der Waals surface area contributed by atoms with Crippen LogP contribution in [0.1, 0.15) is 30.0 Å². The van der Waals surface area contributed by atoms with Crippen LogP contribution in [0.4, 0.5) is 18.9 Å². The highest BCUT2D eigenvalue weighted by atomic mass is 32.2. The Morgan fingerprint density at radius 3 is 2.61 bits per heavy atom. The van der Waals surface area contributed by atoms with Gasteiger partial charge < -0.3 is 15.1 Å². The molecule has 1 atom stereocenters. The summed E-state index contributed by atoms with van der Waals surface area (Å²) in [7, 11) is 0. The molecular formula is C23H22F3N3O3S. The van der Waals surface area contributed by atoms with Crippen molar-refractivity contribution in [1.29, 1.82) is 0 Å². The van der Waals surface area contributed by atoms with Gasteiger partial charge in [0.25, 0.3) is 0 Å². The van der Waals surface area contributed by atoms with Gasteiger partial charge in [-0.25, -0.2) is 0 Å². The van der Waals surface area contributed by atoms with E-state index in [1.54, 1.807) is 17.0 Å². The van der Waals surface area contributed by atoms with Gasteiger partial charge in [0.05, 0.1) is 23.0 Å². The third-order valence-corrected chi connectivity index (χ3v) is 6.68. The standard InChI is InChI=1S/C23H22F3N3O3S/c24-23(25,26)16-6-3-5-15(11-16)17(12-28-10-4-9-21(28)31)27-20(30)13-29-18-7-1-2-8-19(18)33-14-22(29)32/h1-3,5-8,11,17H,4,9-10,12-14H2,(H,27,30). The number of nitrogens with one attached hydrogen (secondary N) is 1. The summed E-state index contributed by atoms with van der Waals surface area (Å²) in [5.41, 5.74) is 0.0437. The van der Waals surface area contributed by atoms with E-state index in [0.717, 1.165) is 17.0 Å². The number of halogens is 3. The summed E-state index contributed by atoms with van der Waals surface area (Å²) in [6, 6.07) is 11.1. The van der Waals surface area contributed by atoms with Gasteiger partial charge in [-0.3, -0.25) is 14.4 Å². The molecule has 3 amide bonds. The maximum absolute atomic E-state index is 13.3. The van der Waals surface area contributed by atoms with Gasteiger partial charge in [-0.15, -0.1) is 11.8 Å². The summed E-state index contributed by atoms with van der Waals surface area (Å²) in [6.45, 7) is 0.283. The highest BCUT2D eigenvalue weighted by Gasteiger charge is 2.33. The van der Waals surface area contributed by atoms with Crippen molar-refractivity contribution in [3.63, 3.8) is 0 Å². The third kappa shape index (κ3) is 5.32.